The van der Waals surface area contributed by atoms with Crippen molar-refractivity contribution in [2.24, 2.45) is 5.92 Å². The van der Waals surface area contributed by atoms with Crippen LogP contribution < -0.4 is 0 Å². The Morgan fingerprint density at radius 2 is 1.78 bits per heavy atom. The zero-order valence-electron chi connectivity index (χ0n) is 11.6. The second kappa shape index (κ2) is 10.0. The molecule has 0 aromatic heterocycles. The second-order valence-electron chi connectivity index (χ2n) is 5.43. The molecule has 0 amide bonds. The molecule has 1 heterocycles. The van der Waals surface area contributed by atoms with Gasteiger partial charge in [-0.1, -0.05) is 80.9 Å². The predicted molar refractivity (Wildman–Crippen MR) is 84.1 cm³/mol. The van der Waals surface area contributed by atoms with Gasteiger partial charge in [0.2, 0.25) is 0 Å². The van der Waals surface area contributed by atoms with Crippen molar-refractivity contribution in [3.63, 3.8) is 0 Å². The van der Waals surface area contributed by atoms with E-state index in [0.717, 1.165) is 0 Å². The summed E-state index contributed by atoms with van der Waals surface area (Å²) in [5.74, 6) is 0.472. The van der Waals surface area contributed by atoms with E-state index in [1.807, 2.05) is 0 Å². The molecule has 0 bridgehead atoms. The van der Waals surface area contributed by atoms with Gasteiger partial charge in [-0.15, -0.1) is 0 Å². The molecule has 2 nitrogen and oxygen atoms in total. The lowest BCUT2D eigenvalue weighted by Gasteiger charge is -2.14. The molecule has 1 aliphatic heterocycles. The predicted octanol–water partition coefficient (Wildman–Crippen LogP) is 4.88. The van der Waals surface area contributed by atoms with Crippen molar-refractivity contribution in [3.05, 3.63) is 0 Å². The first-order chi connectivity index (χ1) is 8.74. The van der Waals surface area contributed by atoms with Crippen LogP contribution in [-0.2, 0) is 9.53 Å². The number of carbonyl (C=O) groups excluding carboxylic acids is 1. The molecule has 0 aromatic carbocycles. The Morgan fingerprint density at radius 1 is 1.17 bits per heavy atom. The summed E-state index contributed by atoms with van der Waals surface area (Å²) in [6.45, 7) is 2.92. The van der Waals surface area contributed by atoms with E-state index in [1.54, 1.807) is 0 Å². The molecule has 0 aliphatic carbocycles. The number of hydrogen-bond acceptors (Lipinski definition) is 2. The molecule has 0 saturated carbocycles. The van der Waals surface area contributed by atoms with Crippen LogP contribution >= 0.6 is 22.6 Å². The van der Waals surface area contributed by atoms with Crippen LogP contribution in [0.25, 0.3) is 0 Å². The van der Waals surface area contributed by atoms with Crippen molar-refractivity contribution in [3.8, 4) is 0 Å². The minimum Gasteiger partial charge on any atom is -0.465 e. The summed E-state index contributed by atoms with van der Waals surface area (Å²) in [5.41, 5.74) is 0. The molecule has 1 rings (SSSR count). The standard InChI is InChI=1S/C15H27IO2/c1-2-3-4-5-6-7-8-9-10-14(16)13-11-15(17)18-12-13/h13-14H,2-12H2,1H3. The van der Waals surface area contributed by atoms with E-state index in [9.17, 15) is 4.79 Å². The van der Waals surface area contributed by atoms with E-state index < -0.39 is 0 Å². The third-order valence-electron chi connectivity index (χ3n) is 3.73. The van der Waals surface area contributed by atoms with Crippen molar-refractivity contribution >= 4 is 28.6 Å². The molecular formula is C15H27IO2. The van der Waals surface area contributed by atoms with Crippen LogP contribution in [0.4, 0.5) is 0 Å². The third-order valence-corrected chi connectivity index (χ3v) is 5.37. The van der Waals surface area contributed by atoms with Crippen molar-refractivity contribution in [1.82, 2.24) is 0 Å². The Bertz CT molecular complexity index is 231. The Labute approximate surface area is 125 Å². The first-order valence-electron chi connectivity index (χ1n) is 7.53. The summed E-state index contributed by atoms with van der Waals surface area (Å²) in [6, 6.07) is 0. The van der Waals surface area contributed by atoms with Crippen LogP contribution in [0.1, 0.15) is 71.1 Å². The number of halogens is 1. The smallest absolute Gasteiger partial charge is 0.306 e. The number of alkyl halides is 1. The fraction of sp³-hybridized carbons (Fsp3) is 0.933. The second-order valence-corrected chi connectivity index (χ2v) is 7.03. The van der Waals surface area contributed by atoms with E-state index >= 15 is 0 Å². The lowest BCUT2D eigenvalue weighted by molar-refractivity contribution is -0.137. The fourth-order valence-corrected chi connectivity index (χ4v) is 3.38. The van der Waals surface area contributed by atoms with E-state index in [1.165, 1.54) is 57.8 Å². The number of esters is 1. The SMILES string of the molecule is CCCCCCCCCCC(I)C1COC(=O)C1. The average Bonchev–Trinajstić information content (AvgIpc) is 2.79. The topological polar surface area (TPSA) is 26.3 Å². The minimum absolute atomic E-state index is 0.00223. The first-order valence-corrected chi connectivity index (χ1v) is 8.78. The molecule has 0 radical (unpaired) electrons. The number of cyclic esters (lactones) is 1. The zero-order valence-corrected chi connectivity index (χ0v) is 13.8. The van der Waals surface area contributed by atoms with Crippen molar-refractivity contribution in [1.29, 1.82) is 0 Å². The fourth-order valence-electron chi connectivity index (χ4n) is 2.47. The molecule has 1 saturated heterocycles. The maximum absolute atomic E-state index is 11.0. The highest BCUT2D eigenvalue weighted by Crippen LogP contribution is 2.27. The van der Waals surface area contributed by atoms with Gasteiger partial charge in [0.1, 0.15) is 0 Å². The van der Waals surface area contributed by atoms with Crippen LogP contribution in [0.15, 0.2) is 0 Å². The van der Waals surface area contributed by atoms with Crippen molar-refractivity contribution in [2.75, 3.05) is 6.61 Å². The zero-order chi connectivity index (χ0) is 13.2. The molecule has 3 heteroatoms. The number of rotatable bonds is 10. The lowest BCUT2D eigenvalue weighted by Crippen LogP contribution is -2.14. The first kappa shape index (κ1) is 16.3. The summed E-state index contributed by atoms with van der Waals surface area (Å²) in [5, 5.41) is 0. The number of ether oxygens (including phenoxy) is 1. The molecule has 0 spiro atoms. The largest absolute Gasteiger partial charge is 0.465 e. The van der Waals surface area contributed by atoms with Crippen molar-refractivity contribution < 1.29 is 9.53 Å². The normalized spacial score (nSPS) is 21.0. The minimum atomic E-state index is -0.00223. The van der Waals surface area contributed by atoms with Gasteiger partial charge in [-0.25, -0.2) is 0 Å². The molecule has 2 atom stereocenters. The molecule has 18 heavy (non-hydrogen) atoms. The number of carbonyl (C=O) groups is 1. The molecule has 1 aliphatic rings. The molecule has 1 fully saturated rings. The van der Waals surface area contributed by atoms with Gasteiger partial charge in [-0.05, 0) is 6.42 Å². The summed E-state index contributed by atoms with van der Waals surface area (Å²) >= 11 is 2.50. The third kappa shape index (κ3) is 6.95. The van der Waals surface area contributed by atoms with Gasteiger partial charge >= 0.3 is 5.97 Å². The Morgan fingerprint density at radius 3 is 2.33 bits per heavy atom. The number of hydrogen-bond donors (Lipinski definition) is 0. The lowest BCUT2D eigenvalue weighted by atomic mass is 9.99. The van der Waals surface area contributed by atoms with E-state index in [-0.39, 0.29) is 5.97 Å². The quantitative estimate of drug-likeness (QED) is 0.238. The summed E-state index contributed by atoms with van der Waals surface area (Å²) < 4.78 is 5.64. The Hall–Kier alpha value is 0.200. The van der Waals surface area contributed by atoms with Gasteiger partial charge in [0.15, 0.2) is 0 Å². The van der Waals surface area contributed by atoms with Crippen LogP contribution in [-0.4, -0.2) is 16.5 Å². The average molecular weight is 366 g/mol. The monoisotopic (exact) mass is 366 g/mol. The van der Waals surface area contributed by atoms with E-state index in [2.05, 4.69) is 29.5 Å². The molecule has 2 unspecified atom stereocenters. The number of unbranched alkanes of at least 4 members (excludes halogenated alkanes) is 7. The van der Waals surface area contributed by atoms with Gasteiger partial charge in [-0.3, -0.25) is 4.79 Å². The highest BCUT2D eigenvalue weighted by molar-refractivity contribution is 14.1. The molecule has 106 valence electrons. The van der Waals surface area contributed by atoms with Gasteiger partial charge in [0, 0.05) is 9.84 Å². The molecule has 0 N–H and O–H groups in total. The maximum Gasteiger partial charge on any atom is 0.306 e. The van der Waals surface area contributed by atoms with E-state index in [4.69, 9.17) is 4.74 Å². The Balaban J connectivity index is 1.89. The van der Waals surface area contributed by atoms with Gasteiger partial charge < -0.3 is 4.74 Å². The summed E-state index contributed by atoms with van der Waals surface area (Å²) in [4.78, 5) is 11.0. The summed E-state index contributed by atoms with van der Waals surface area (Å²) in [6.07, 6.45) is 12.9. The van der Waals surface area contributed by atoms with E-state index in [0.29, 0.717) is 22.9 Å². The maximum atomic E-state index is 11.0. The van der Waals surface area contributed by atoms with Crippen LogP contribution in [0.3, 0.4) is 0 Å². The highest BCUT2D eigenvalue weighted by atomic mass is 127. The van der Waals surface area contributed by atoms with Crippen molar-refractivity contribution in [2.45, 2.75) is 75.1 Å². The van der Waals surface area contributed by atoms with Crippen LogP contribution in [0.5, 0.6) is 0 Å². The summed E-state index contributed by atoms with van der Waals surface area (Å²) in [7, 11) is 0. The van der Waals surface area contributed by atoms with Crippen LogP contribution in [0.2, 0.25) is 0 Å². The Kier molecular flexibility index (Phi) is 9.07. The highest BCUT2D eigenvalue weighted by Gasteiger charge is 2.28. The molecule has 0 aromatic rings. The van der Waals surface area contributed by atoms with Gasteiger partial charge in [-0.2, -0.15) is 0 Å². The van der Waals surface area contributed by atoms with Gasteiger partial charge in [0.25, 0.3) is 0 Å². The van der Waals surface area contributed by atoms with Crippen LogP contribution in [0, 0.1) is 5.92 Å². The molecular weight excluding hydrogens is 339 g/mol. The van der Waals surface area contributed by atoms with Gasteiger partial charge in [0.05, 0.1) is 13.0 Å².